The fourth-order valence-corrected chi connectivity index (χ4v) is 2.75. The lowest BCUT2D eigenvalue weighted by molar-refractivity contribution is -0.122. The molecule has 0 aromatic heterocycles. The van der Waals surface area contributed by atoms with Crippen molar-refractivity contribution in [1.82, 2.24) is 5.32 Å². The number of benzene rings is 1. The maximum atomic E-state index is 12.2. The van der Waals surface area contributed by atoms with Gasteiger partial charge in [-0.15, -0.1) is 0 Å². The standard InChI is InChI=1S/C18H25Cl2NO2/c1-11(2)9-16(12(3)4)21-18(23)8-7-17(22)14-10-13(19)5-6-15(14)20/h5-6,10-12,16H,7-9H2,1-4H3,(H,21,23). The Bertz CT molecular complexity index is 556. The summed E-state index contributed by atoms with van der Waals surface area (Å²) < 4.78 is 0. The van der Waals surface area contributed by atoms with Crippen molar-refractivity contribution in [2.45, 2.75) is 53.0 Å². The molecule has 0 saturated carbocycles. The molecule has 0 bridgehead atoms. The second-order valence-electron chi connectivity index (χ2n) is 6.59. The number of Topliss-reactive ketones (excluding diaryl/α,β-unsaturated/α-hetero) is 1. The number of hydrogen-bond acceptors (Lipinski definition) is 2. The zero-order valence-electron chi connectivity index (χ0n) is 14.2. The highest BCUT2D eigenvalue weighted by atomic mass is 35.5. The van der Waals surface area contributed by atoms with Crippen LogP contribution in [0.1, 0.15) is 57.3 Å². The highest BCUT2D eigenvalue weighted by molar-refractivity contribution is 6.35. The first-order valence-electron chi connectivity index (χ1n) is 7.98. The van der Waals surface area contributed by atoms with E-state index >= 15 is 0 Å². The topological polar surface area (TPSA) is 46.2 Å². The van der Waals surface area contributed by atoms with Gasteiger partial charge in [0.25, 0.3) is 0 Å². The molecule has 0 aliphatic rings. The first-order valence-corrected chi connectivity index (χ1v) is 8.74. The minimum absolute atomic E-state index is 0.101. The van der Waals surface area contributed by atoms with Gasteiger partial charge in [-0.25, -0.2) is 0 Å². The molecule has 0 aliphatic heterocycles. The van der Waals surface area contributed by atoms with E-state index in [9.17, 15) is 9.59 Å². The highest BCUT2D eigenvalue weighted by Crippen LogP contribution is 2.22. The Morgan fingerprint density at radius 3 is 2.30 bits per heavy atom. The van der Waals surface area contributed by atoms with Gasteiger partial charge in [-0.3, -0.25) is 9.59 Å². The second-order valence-corrected chi connectivity index (χ2v) is 7.44. The number of halogens is 2. The molecule has 0 spiro atoms. The van der Waals surface area contributed by atoms with Gasteiger partial charge in [-0.1, -0.05) is 50.9 Å². The van der Waals surface area contributed by atoms with Crippen LogP contribution >= 0.6 is 23.2 Å². The zero-order valence-corrected chi connectivity index (χ0v) is 15.7. The Balaban J connectivity index is 2.58. The van der Waals surface area contributed by atoms with Crippen LogP contribution in [-0.2, 0) is 4.79 Å². The molecule has 1 aromatic carbocycles. The number of ketones is 1. The van der Waals surface area contributed by atoms with Crippen LogP contribution in [0.4, 0.5) is 0 Å². The van der Waals surface area contributed by atoms with Crippen molar-refractivity contribution < 1.29 is 9.59 Å². The number of carbonyl (C=O) groups is 2. The van der Waals surface area contributed by atoms with Crippen LogP contribution in [0.15, 0.2) is 18.2 Å². The Hall–Kier alpha value is -1.06. The molecule has 1 unspecified atom stereocenters. The summed E-state index contributed by atoms with van der Waals surface area (Å²) in [6.07, 6.45) is 1.21. The molecule has 0 heterocycles. The third-order valence-electron chi connectivity index (χ3n) is 3.68. The molecule has 1 atom stereocenters. The van der Waals surface area contributed by atoms with Crippen LogP contribution in [0.5, 0.6) is 0 Å². The Kier molecular flexibility index (Phi) is 8.07. The van der Waals surface area contributed by atoms with Gasteiger partial charge < -0.3 is 5.32 Å². The molecular formula is C18H25Cl2NO2. The minimum Gasteiger partial charge on any atom is -0.353 e. The van der Waals surface area contributed by atoms with Gasteiger partial charge in [0.05, 0.1) is 5.02 Å². The molecule has 0 fully saturated rings. The summed E-state index contributed by atoms with van der Waals surface area (Å²) in [7, 11) is 0. The van der Waals surface area contributed by atoms with Crippen LogP contribution in [0, 0.1) is 11.8 Å². The Labute approximate surface area is 148 Å². The van der Waals surface area contributed by atoms with E-state index in [4.69, 9.17) is 23.2 Å². The van der Waals surface area contributed by atoms with Crippen molar-refractivity contribution in [2.75, 3.05) is 0 Å². The Morgan fingerprint density at radius 2 is 1.74 bits per heavy atom. The molecule has 1 aromatic rings. The summed E-state index contributed by atoms with van der Waals surface area (Å²) >= 11 is 11.9. The molecule has 1 N–H and O–H groups in total. The van der Waals surface area contributed by atoms with E-state index < -0.39 is 0 Å². The summed E-state index contributed by atoms with van der Waals surface area (Å²) in [6.45, 7) is 8.44. The summed E-state index contributed by atoms with van der Waals surface area (Å²) in [5.74, 6) is 0.600. The first kappa shape index (κ1) is 20.0. The molecule has 23 heavy (non-hydrogen) atoms. The number of amides is 1. The maximum absolute atomic E-state index is 12.2. The lowest BCUT2D eigenvalue weighted by Crippen LogP contribution is -2.39. The molecule has 0 radical (unpaired) electrons. The Morgan fingerprint density at radius 1 is 1.09 bits per heavy atom. The normalized spacial score (nSPS) is 12.5. The van der Waals surface area contributed by atoms with Crippen LogP contribution in [-0.4, -0.2) is 17.7 Å². The predicted molar refractivity (Wildman–Crippen MR) is 96.3 cm³/mol. The average Bonchev–Trinajstić information content (AvgIpc) is 2.46. The van der Waals surface area contributed by atoms with Crippen LogP contribution in [0.25, 0.3) is 0 Å². The number of carbonyl (C=O) groups excluding carboxylic acids is 2. The third kappa shape index (κ3) is 6.92. The fourth-order valence-electron chi connectivity index (χ4n) is 2.36. The number of hydrogen-bond donors (Lipinski definition) is 1. The largest absolute Gasteiger partial charge is 0.353 e. The van der Waals surface area contributed by atoms with Crippen molar-refractivity contribution in [3.8, 4) is 0 Å². The van der Waals surface area contributed by atoms with Crippen LogP contribution in [0.3, 0.4) is 0 Å². The molecule has 1 rings (SSSR count). The van der Waals surface area contributed by atoms with Crippen molar-refractivity contribution in [1.29, 1.82) is 0 Å². The first-order chi connectivity index (χ1) is 10.7. The molecule has 0 aliphatic carbocycles. The molecular weight excluding hydrogens is 333 g/mol. The molecule has 5 heteroatoms. The van der Waals surface area contributed by atoms with E-state index in [1.54, 1.807) is 18.2 Å². The molecule has 3 nitrogen and oxygen atoms in total. The van der Waals surface area contributed by atoms with Crippen molar-refractivity contribution in [3.63, 3.8) is 0 Å². The summed E-state index contributed by atoms with van der Waals surface area (Å²) in [5, 5.41) is 3.85. The lowest BCUT2D eigenvalue weighted by atomic mass is 9.94. The quantitative estimate of drug-likeness (QED) is 0.654. The lowest BCUT2D eigenvalue weighted by Gasteiger charge is -2.24. The van der Waals surface area contributed by atoms with Gasteiger partial charge in [-0.2, -0.15) is 0 Å². The van der Waals surface area contributed by atoms with E-state index in [2.05, 4.69) is 33.0 Å². The van der Waals surface area contributed by atoms with Crippen molar-refractivity contribution in [3.05, 3.63) is 33.8 Å². The summed E-state index contributed by atoms with van der Waals surface area (Å²) in [5.41, 5.74) is 0.370. The minimum atomic E-state index is -0.169. The van der Waals surface area contributed by atoms with E-state index in [0.717, 1.165) is 6.42 Å². The second kappa shape index (κ2) is 9.29. The zero-order chi connectivity index (χ0) is 17.6. The van der Waals surface area contributed by atoms with E-state index in [1.807, 2.05) is 0 Å². The smallest absolute Gasteiger partial charge is 0.220 e. The third-order valence-corrected chi connectivity index (χ3v) is 4.25. The van der Waals surface area contributed by atoms with Crippen molar-refractivity contribution in [2.24, 2.45) is 11.8 Å². The van der Waals surface area contributed by atoms with E-state index in [1.165, 1.54) is 0 Å². The highest BCUT2D eigenvalue weighted by Gasteiger charge is 2.19. The van der Waals surface area contributed by atoms with Gasteiger partial charge in [-0.05, 0) is 36.5 Å². The van der Waals surface area contributed by atoms with Gasteiger partial charge in [0.15, 0.2) is 5.78 Å². The molecule has 1 amide bonds. The number of rotatable bonds is 8. The van der Waals surface area contributed by atoms with Gasteiger partial charge in [0.1, 0.15) is 0 Å². The summed E-state index contributed by atoms with van der Waals surface area (Å²) in [4.78, 5) is 24.3. The van der Waals surface area contributed by atoms with Gasteiger partial charge in [0, 0.05) is 29.5 Å². The van der Waals surface area contributed by atoms with Gasteiger partial charge >= 0.3 is 0 Å². The van der Waals surface area contributed by atoms with Crippen LogP contribution < -0.4 is 5.32 Å². The number of nitrogens with one attached hydrogen (secondary N) is 1. The SMILES string of the molecule is CC(C)CC(NC(=O)CCC(=O)c1cc(Cl)ccc1Cl)C(C)C. The maximum Gasteiger partial charge on any atom is 0.220 e. The monoisotopic (exact) mass is 357 g/mol. The van der Waals surface area contributed by atoms with E-state index in [-0.39, 0.29) is 30.6 Å². The van der Waals surface area contributed by atoms with Gasteiger partial charge in [0.2, 0.25) is 5.91 Å². The fraction of sp³-hybridized carbons (Fsp3) is 0.556. The predicted octanol–water partition coefficient (Wildman–Crippen LogP) is 5.14. The van der Waals surface area contributed by atoms with Crippen LogP contribution in [0.2, 0.25) is 10.0 Å². The van der Waals surface area contributed by atoms with Crippen molar-refractivity contribution >= 4 is 34.9 Å². The van der Waals surface area contributed by atoms with E-state index in [0.29, 0.717) is 27.4 Å². The molecule has 0 saturated heterocycles. The summed E-state index contributed by atoms with van der Waals surface area (Å²) in [6, 6.07) is 4.90. The average molecular weight is 358 g/mol. The molecule has 128 valence electrons.